The molecule has 96 valence electrons. The zero-order valence-corrected chi connectivity index (χ0v) is 9.63. The summed E-state index contributed by atoms with van der Waals surface area (Å²) in [5.74, 6) is 0. The lowest BCUT2D eigenvalue weighted by Crippen LogP contribution is -2.24. The van der Waals surface area contributed by atoms with Gasteiger partial charge >= 0.3 is 6.09 Å². The van der Waals surface area contributed by atoms with Gasteiger partial charge in [0.05, 0.1) is 16.8 Å². The molecule has 0 spiro atoms. The fourth-order valence-corrected chi connectivity index (χ4v) is 1.64. The Labute approximate surface area is 107 Å². The minimum atomic E-state index is -1.32. The molecule has 0 unspecified atom stereocenters. The lowest BCUT2D eigenvalue weighted by atomic mass is 10.2. The fourth-order valence-electron chi connectivity index (χ4n) is 1.64. The lowest BCUT2D eigenvalue weighted by Gasteiger charge is -2.18. The zero-order chi connectivity index (χ0) is 13.8. The topological polar surface area (TPSA) is 96.6 Å². The van der Waals surface area contributed by atoms with Crippen molar-refractivity contribution in [1.82, 2.24) is 4.98 Å². The van der Waals surface area contributed by atoms with Crippen LogP contribution in [0.4, 0.5) is 21.9 Å². The molecule has 19 heavy (non-hydrogen) atoms. The van der Waals surface area contributed by atoms with E-state index in [4.69, 9.17) is 0 Å². The molecule has 0 aliphatic rings. The van der Waals surface area contributed by atoms with Crippen molar-refractivity contribution < 1.29 is 14.8 Å². The number of benzene rings is 1. The Morgan fingerprint density at radius 1 is 1.26 bits per heavy atom. The first kappa shape index (κ1) is 12.5. The maximum Gasteiger partial charge on any atom is 0.416 e. The molecule has 0 saturated heterocycles. The fraction of sp³-hybridized carbons (Fsp3) is 0. The molecule has 0 atom stereocenters. The van der Waals surface area contributed by atoms with Crippen molar-refractivity contribution in [1.29, 1.82) is 0 Å². The van der Waals surface area contributed by atoms with Crippen LogP contribution in [-0.4, -0.2) is 21.1 Å². The number of anilines is 2. The maximum atomic E-state index is 11.4. The van der Waals surface area contributed by atoms with E-state index in [1.54, 1.807) is 30.3 Å². The van der Waals surface area contributed by atoms with Crippen molar-refractivity contribution >= 4 is 23.2 Å². The van der Waals surface area contributed by atoms with Crippen molar-refractivity contribution in [2.45, 2.75) is 0 Å². The summed E-state index contributed by atoms with van der Waals surface area (Å²) in [7, 11) is 0. The minimum Gasteiger partial charge on any atom is -0.464 e. The van der Waals surface area contributed by atoms with Crippen LogP contribution >= 0.6 is 0 Å². The van der Waals surface area contributed by atoms with Crippen LogP contribution in [0, 0.1) is 10.1 Å². The minimum absolute atomic E-state index is 0.0915. The quantitative estimate of drug-likeness (QED) is 0.675. The normalized spacial score (nSPS) is 9.89. The summed E-state index contributed by atoms with van der Waals surface area (Å²) in [6.45, 7) is 0. The van der Waals surface area contributed by atoms with E-state index < -0.39 is 11.0 Å². The number of pyridine rings is 1. The highest BCUT2D eigenvalue weighted by molar-refractivity contribution is 5.97. The Hall–Kier alpha value is -2.96. The van der Waals surface area contributed by atoms with Crippen LogP contribution in [0.3, 0.4) is 0 Å². The first-order valence-electron chi connectivity index (χ1n) is 5.28. The summed E-state index contributed by atoms with van der Waals surface area (Å²) in [5, 5.41) is 20.2. The van der Waals surface area contributed by atoms with Crippen LogP contribution in [0.15, 0.2) is 48.8 Å². The second kappa shape index (κ2) is 5.13. The van der Waals surface area contributed by atoms with E-state index in [2.05, 4.69) is 4.98 Å². The van der Waals surface area contributed by atoms with Crippen LogP contribution in [0.2, 0.25) is 0 Å². The van der Waals surface area contributed by atoms with Crippen LogP contribution in [0.25, 0.3) is 0 Å². The number of amides is 1. The van der Waals surface area contributed by atoms with Gasteiger partial charge < -0.3 is 5.11 Å². The first-order valence-corrected chi connectivity index (χ1v) is 5.28. The van der Waals surface area contributed by atoms with Gasteiger partial charge in [-0.1, -0.05) is 18.2 Å². The number of aromatic nitrogens is 1. The zero-order valence-electron chi connectivity index (χ0n) is 9.63. The van der Waals surface area contributed by atoms with Gasteiger partial charge in [0.15, 0.2) is 0 Å². The molecule has 0 saturated carbocycles. The number of rotatable bonds is 3. The summed E-state index contributed by atoms with van der Waals surface area (Å²) in [4.78, 5) is 26.2. The van der Waals surface area contributed by atoms with Crippen molar-refractivity contribution in [3.05, 3.63) is 58.9 Å². The van der Waals surface area contributed by atoms with Gasteiger partial charge in [0.1, 0.15) is 5.69 Å². The molecule has 0 fully saturated rings. The molecule has 1 N–H and O–H groups in total. The molecule has 1 aromatic carbocycles. The van der Waals surface area contributed by atoms with E-state index in [1.807, 2.05) is 0 Å². The van der Waals surface area contributed by atoms with Gasteiger partial charge in [0.2, 0.25) is 0 Å². The molecule has 7 nitrogen and oxygen atoms in total. The molecule has 1 heterocycles. The van der Waals surface area contributed by atoms with Gasteiger partial charge in [-0.25, -0.2) is 9.69 Å². The highest BCUT2D eigenvalue weighted by Crippen LogP contribution is 2.32. The number of carboxylic acid groups (broad SMARTS) is 1. The highest BCUT2D eigenvalue weighted by Gasteiger charge is 2.25. The van der Waals surface area contributed by atoms with Gasteiger partial charge in [-0.3, -0.25) is 15.1 Å². The van der Waals surface area contributed by atoms with Crippen molar-refractivity contribution in [3.63, 3.8) is 0 Å². The molecule has 0 aliphatic heterocycles. The smallest absolute Gasteiger partial charge is 0.416 e. The van der Waals surface area contributed by atoms with Crippen LogP contribution in [0.1, 0.15) is 0 Å². The van der Waals surface area contributed by atoms with E-state index in [9.17, 15) is 20.0 Å². The molecule has 1 amide bonds. The third-order valence-corrected chi connectivity index (χ3v) is 2.42. The maximum absolute atomic E-state index is 11.4. The molecule has 2 rings (SSSR count). The molecule has 0 aliphatic carbocycles. The van der Waals surface area contributed by atoms with E-state index in [-0.39, 0.29) is 11.4 Å². The van der Waals surface area contributed by atoms with Crippen molar-refractivity contribution in [2.24, 2.45) is 0 Å². The molecule has 7 heteroatoms. The van der Waals surface area contributed by atoms with Gasteiger partial charge in [-0.05, 0) is 12.1 Å². The Bertz CT molecular complexity index is 615. The predicted molar refractivity (Wildman–Crippen MR) is 67.5 cm³/mol. The monoisotopic (exact) mass is 259 g/mol. The lowest BCUT2D eigenvalue weighted by molar-refractivity contribution is -0.384. The number of nitrogens with zero attached hydrogens (tertiary/aromatic N) is 3. The Balaban J connectivity index is 2.59. The number of nitro groups is 1. The molecular formula is C12H9N3O4. The Morgan fingerprint density at radius 3 is 2.53 bits per heavy atom. The van der Waals surface area contributed by atoms with E-state index >= 15 is 0 Å². The number of hydrogen-bond donors (Lipinski definition) is 1. The van der Waals surface area contributed by atoms with Gasteiger partial charge in [0.25, 0.3) is 5.69 Å². The average molecular weight is 259 g/mol. The summed E-state index contributed by atoms with van der Waals surface area (Å²) < 4.78 is 0. The number of carbonyl (C=O) groups is 1. The highest BCUT2D eigenvalue weighted by atomic mass is 16.6. The first-order chi connectivity index (χ1) is 9.11. The largest absolute Gasteiger partial charge is 0.464 e. The molecule has 0 bridgehead atoms. The average Bonchev–Trinajstić information content (AvgIpc) is 2.40. The number of hydrogen-bond acceptors (Lipinski definition) is 4. The predicted octanol–water partition coefficient (Wildman–Crippen LogP) is 2.81. The van der Waals surface area contributed by atoms with Crippen LogP contribution < -0.4 is 4.90 Å². The van der Waals surface area contributed by atoms with Gasteiger partial charge in [-0.15, -0.1) is 0 Å². The van der Waals surface area contributed by atoms with E-state index in [0.29, 0.717) is 5.69 Å². The second-order valence-corrected chi connectivity index (χ2v) is 3.58. The van der Waals surface area contributed by atoms with Crippen molar-refractivity contribution in [3.8, 4) is 0 Å². The van der Waals surface area contributed by atoms with Gasteiger partial charge in [-0.2, -0.15) is 0 Å². The summed E-state index contributed by atoms with van der Waals surface area (Å²) in [6, 6.07) is 9.27. The molecular weight excluding hydrogens is 250 g/mol. The molecule has 1 aromatic heterocycles. The van der Waals surface area contributed by atoms with Crippen molar-refractivity contribution in [2.75, 3.05) is 4.90 Å². The number of para-hydroxylation sites is 1. The SMILES string of the molecule is O=C(O)N(c1ccccc1)c1cnccc1[N+](=O)[O-]. The summed E-state index contributed by atoms with van der Waals surface area (Å²) >= 11 is 0. The second-order valence-electron chi connectivity index (χ2n) is 3.58. The third-order valence-electron chi connectivity index (χ3n) is 2.42. The van der Waals surface area contributed by atoms with Gasteiger partial charge in [0, 0.05) is 12.3 Å². The Kier molecular flexibility index (Phi) is 3.37. The summed E-state index contributed by atoms with van der Waals surface area (Å²) in [6.07, 6.45) is 1.08. The molecule has 0 radical (unpaired) electrons. The van der Waals surface area contributed by atoms with Crippen LogP contribution in [0.5, 0.6) is 0 Å². The summed E-state index contributed by atoms with van der Waals surface area (Å²) in [5.41, 5.74) is -0.0986. The molecule has 2 aromatic rings. The third kappa shape index (κ3) is 2.49. The van der Waals surface area contributed by atoms with E-state index in [1.165, 1.54) is 6.20 Å². The standard InChI is InChI=1S/C12H9N3O4/c16-12(17)14(9-4-2-1-3-5-9)11-8-13-7-6-10(11)15(18)19/h1-8H,(H,16,17). The van der Waals surface area contributed by atoms with E-state index in [0.717, 1.165) is 17.2 Å². The Morgan fingerprint density at radius 2 is 1.95 bits per heavy atom. The van der Waals surface area contributed by atoms with Crippen LogP contribution in [-0.2, 0) is 0 Å².